The maximum absolute atomic E-state index is 12.2. The highest BCUT2D eigenvalue weighted by Crippen LogP contribution is 2.29. The van der Waals surface area contributed by atoms with Crippen molar-refractivity contribution in [1.29, 1.82) is 0 Å². The van der Waals surface area contributed by atoms with Gasteiger partial charge in [-0.25, -0.2) is 4.79 Å². The lowest BCUT2D eigenvalue weighted by atomic mass is 9.87. The number of carbonyl (C=O) groups is 2. The van der Waals surface area contributed by atoms with Gasteiger partial charge in [0.1, 0.15) is 12.1 Å². The van der Waals surface area contributed by atoms with Crippen LogP contribution in [0.2, 0.25) is 0 Å². The number of hydrogen-bond acceptors (Lipinski definition) is 3. The molecule has 1 heterocycles. The molecule has 1 N–H and O–H groups in total. The number of nitrogens with zero attached hydrogens (tertiary/aromatic N) is 1. The van der Waals surface area contributed by atoms with E-state index in [1.807, 2.05) is 4.90 Å². The molecule has 0 atom stereocenters. The van der Waals surface area contributed by atoms with Crippen molar-refractivity contribution in [3.8, 4) is 0 Å². The van der Waals surface area contributed by atoms with E-state index in [2.05, 4.69) is 36.5 Å². The Morgan fingerprint density at radius 3 is 2.42 bits per heavy atom. The molecule has 1 aliphatic heterocycles. The number of amides is 2. The number of hydrogen-bond donors (Lipinski definition) is 1. The molecule has 0 unspecified atom stereocenters. The number of piperidine rings is 1. The molecule has 1 aromatic carbocycles. The monoisotopic (exact) mass is 332 g/mol. The Bertz CT molecular complexity index is 585. The third-order valence-corrected chi connectivity index (χ3v) is 4.26. The van der Waals surface area contributed by atoms with Crippen LogP contribution in [0.15, 0.2) is 24.3 Å². The second kappa shape index (κ2) is 7.69. The summed E-state index contributed by atoms with van der Waals surface area (Å²) in [6.07, 6.45) is 1.37. The van der Waals surface area contributed by atoms with E-state index in [-0.39, 0.29) is 12.5 Å². The third-order valence-electron chi connectivity index (χ3n) is 4.26. The molecule has 0 aliphatic carbocycles. The summed E-state index contributed by atoms with van der Waals surface area (Å²) in [5.41, 5.74) is 2.14. The van der Waals surface area contributed by atoms with Gasteiger partial charge in [-0.3, -0.25) is 4.79 Å². The Morgan fingerprint density at radius 2 is 1.83 bits per heavy atom. The van der Waals surface area contributed by atoms with Gasteiger partial charge in [0.25, 0.3) is 0 Å². The van der Waals surface area contributed by atoms with E-state index >= 15 is 0 Å². The standard InChI is InChI=1S/C19H28N2O3/c1-14-7-5-6-8-16(14)15-9-11-21(12-10-15)17(22)13-20-18(23)24-19(2,3)4/h5-8,15H,9-13H2,1-4H3,(H,20,23). The SMILES string of the molecule is Cc1ccccc1C1CCN(C(=O)CNC(=O)OC(C)(C)C)CC1. The first-order valence-corrected chi connectivity index (χ1v) is 8.56. The maximum Gasteiger partial charge on any atom is 0.408 e. The first kappa shape index (κ1) is 18.3. The van der Waals surface area contributed by atoms with E-state index < -0.39 is 11.7 Å². The molecule has 0 saturated carbocycles. The normalized spacial score (nSPS) is 15.9. The van der Waals surface area contributed by atoms with Crippen LogP contribution in [-0.4, -0.2) is 42.1 Å². The molecule has 1 aromatic rings. The van der Waals surface area contributed by atoms with Crippen molar-refractivity contribution in [2.45, 2.75) is 52.1 Å². The topological polar surface area (TPSA) is 58.6 Å². The smallest absolute Gasteiger partial charge is 0.408 e. The molecular weight excluding hydrogens is 304 g/mol. The minimum atomic E-state index is -0.557. The predicted molar refractivity (Wildman–Crippen MR) is 94.0 cm³/mol. The van der Waals surface area contributed by atoms with Gasteiger partial charge in [0.2, 0.25) is 5.91 Å². The molecule has 132 valence electrons. The molecule has 1 fully saturated rings. The van der Waals surface area contributed by atoms with Crippen LogP contribution in [0.3, 0.4) is 0 Å². The van der Waals surface area contributed by atoms with Crippen LogP contribution in [0.1, 0.15) is 50.7 Å². The van der Waals surface area contributed by atoms with E-state index in [0.717, 1.165) is 25.9 Å². The van der Waals surface area contributed by atoms with Crippen LogP contribution < -0.4 is 5.32 Å². The Morgan fingerprint density at radius 1 is 1.21 bits per heavy atom. The average Bonchev–Trinajstić information content (AvgIpc) is 2.52. The van der Waals surface area contributed by atoms with E-state index in [9.17, 15) is 9.59 Å². The second-order valence-electron chi connectivity index (χ2n) is 7.37. The Balaban J connectivity index is 1.79. The van der Waals surface area contributed by atoms with Crippen molar-refractivity contribution < 1.29 is 14.3 Å². The number of aryl methyl sites for hydroxylation is 1. The number of benzene rings is 1. The van der Waals surface area contributed by atoms with Crippen molar-refractivity contribution in [3.05, 3.63) is 35.4 Å². The highest BCUT2D eigenvalue weighted by molar-refractivity contribution is 5.82. The van der Waals surface area contributed by atoms with Gasteiger partial charge in [-0.1, -0.05) is 24.3 Å². The number of carbonyl (C=O) groups excluding carboxylic acids is 2. The Labute approximate surface area is 144 Å². The molecule has 5 heteroatoms. The summed E-state index contributed by atoms with van der Waals surface area (Å²) in [7, 11) is 0. The zero-order valence-electron chi connectivity index (χ0n) is 15.1. The van der Waals surface area contributed by atoms with Gasteiger partial charge in [-0.2, -0.15) is 0 Å². The molecule has 0 spiro atoms. The molecule has 5 nitrogen and oxygen atoms in total. The average molecular weight is 332 g/mol. The molecule has 2 amide bonds. The van der Waals surface area contributed by atoms with Crippen molar-refractivity contribution >= 4 is 12.0 Å². The molecule has 0 bridgehead atoms. The van der Waals surface area contributed by atoms with Crippen LogP contribution in [0, 0.1) is 6.92 Å². The van der Waals surface area contributed by atoms with Gasteiger partial charge in [0.15, 0.2) is 0 Å². The van der Waals surface area contributed by atoms with Crippen molar-refractivity contribution in [3.63, 3.8) is 0 Å². The molecule has 1 aliphatic rings. The number of ether oxygens (including phenoxy) is 1. The van der Waals surface area contributed by atoms with Crippen LogP contribution in [0.5, 0.6) is 0 Å². The van der Waals surface area contributed by atoms with Crippen LogP contribution in [0.25, 0.3) is 0 Å². The lowest BCUT2D eigenvalue weighted by Crippen LogP contribution is -2.44. The Kier molecular flexibility index (Phi) is 5.86. The largest absolute Gasteiger partial charge is 0.444 e. The fourth-order valence-corrected chi connectivity index (χ4v) is 3.06. The summed E-state index contributed by atoms with van der Waals surface area (Å²) >= 11 is 0. The van der Waals surface area contributed by atoms with E-state index in [0.29, 0.717) is 5.92 Å². The van der Waals surface area contributed by atoms with E-state index in [1.165, 1.54) is 11.1 Å². The molecular formula is C19H28N2O3. The third kappa shape index (κ3) is 5.25. The summed E-state index contributed by atoms with van der Waals surface area (Å²) in [6.45, 7) is 8.98. The number of likely N-dealkylation sites (tertiary alicyclic amines) is 1. The fourth-order valence-electron chi connectivity index (χ4n) is 3.06. The highest BCUT2D eigenvalue weighted by atomic mass is 16.6. The van der Waals surface area contributed by atoms with Crippen molar-refractivity contribution in [1.82, 2.24) is 10.2 Å². The van der Waals surface area contributed by atoms with Crippen LogP contribution in [-0.2, 0) is 9.53 Å². The van der Waals surface area contributed by atoms with Gasteiger partial charge < -0.3 is 15.0 Å². The fraction of sp³-hybridized carbons (Fsp3) is 0.579. The summed E-state index contributed by atoms with van der Waals surface area (Å²) in [4.78, 5) is 25.7. The van der Waals surface area contributed by atoms with Crippen molar-refractivity contribution in [2.75, 3.05) is 19.6 Å². The summed E-state index contributed by atoms with van der Waals surface area (Å²) < 4.78 is 5.14. The number of alkyl carbamates (subject to hydrolysis) is 1. The number of nitrogens with one attached hydrogen (secondary N) is 1. The van der Waals surface area contributed by atoms with E-state index in [1.54, 1.807) is 20.8 Å². The van der Waals surface area contributed by atoms with Gasteiger partial charge in [0.05, 0.1) is 0 Å². The van der Waals surface area contributed by atoms with Gasteiger partial charge in [-0.15, -0.1) is 0 Å². The summed E-state index contributed by atoms with van der Waals surface area (Å²) in [6, 6.07) is 8.45. The quantitative estimate of drug-likeness (QED) is 0.924. The zero-order chi connectivity index (χ0) is 17.7. The summed E-state index contributed by atoms with van der Waals surface area (Å²) in [5.74, 6) is 0.457. The molecule has 0 radical (unpaired) electrons. The van der Waals surface area contributed by atoms with Crippen LogP contribution >= 0.6 is 0 Å². The molecule has 24 heavy (non-hydrogen) atoms. The molecule has 1 saturated heterocycles. The maximum atomic E-state index is 12.2. The lowest BCUT2D eigenvalue weighted by molar-refractivity contribution is -0.131. The highest BCUT2D eigenvalue weighted by Gasteiger charge is 2.25. The lowest BCUT2D eigenvalue weighted by Gasteiger charge is -2.33. The zero-order valence-corrected chi connectivity index (χ0v) is 15.1. The molecule has 2 rings (SSSR count). The summed E-state index contributed by atoms with van der Waals surface area (Å²) in [5, 5.41) is 2.54. The second-order valence-corrected chi connectivity index (χ2v) is 7.37. The van der Waals surface area contributed by atoms with Gasteiger partial charge in [-0.05, 0) is 57.6 Å². The number of rotatable bonds is 3. The first-order valence-electron chi connectivity index (χ1n) is 8.56. The first-order chi connectivity index (χ1) is 11.3. The minimum absolute atomic E-state index is 0.00998. The van der Waals surface area contributed by atoms with Crippen molar-refractivity contribution in [2.24, 2.45) is 0 Å². The van der Waals surface area contributed by atoms with Crippen LogP contribution in [0.4, 0.5) is 4.79 Å². The minimum Gasteiger partial charge on any atom is -0.444 e. The predicted octanol–water partition coefficient (Wildman–Crippen LogP) is 3.23. The Hall–Kier alpha value is -2.04. The van der Waals surface area contributed by atoms with Gasteiger partial charge >= 0.3 is 6.09 Å². The molecule has 0 aromatic heterocycles. The van der Waals surface area contributed by atoms with E-state index in [4.69, 9.17) is 4.74 Å². The van der Waals surface area contributed by atoms with Gasteiger partial charge in [0, 0.05) is 13.1 Å².